The first-order valence-electron chi connectivity index (χ1n) is 3.66. The van der Waals surface area contributed by atoms with Crippen molar-refractivity contribution in [2.75, 3.05) is 0 Å². The van der Waals surface area contributed by atoms with Crippen LogP contribution >= 0.6 is 0 Å². The molecule has 0 amide bonds. The third-order valence-electron chi connectivity index (χ3n) is 2.04. The van der Waals surface area contributed by atoms with E-state index in [9.17, 15) is 0 Å². The number of hydrogen-bond acceptors (Lipinski definition) is 2. The van der Waals surface area contributed by atoms with Crippen molar-refractivity contribution >= 4 is 0 Å². The maximum Gasteiger partial charge on any atom is 0.0656 e. The van der Waals surface area contributed by atoms with Crippen LogP contribution in [0.4, 0.5) is 0 Å². The van der Waals surface area contributed by atoms with E-state index in [2.05, 4.69) is 12.1 Å². The lowest BCUT2D eigenvalue weighted by Crippen LogP contribution is -2.12. The third-order valence-corrected chi connectivity index (χ3v) is 2.04. The molecule has 2 heteroatoms. The van der Waals surface area contributed by atoms with Gasteiger partial charge in [-0.05, 0) is 19.3 Å². The summed E-state index contributed by atoms with van der Waals surface area (Å²) in [5, 5.41) is 17.1. The molecule has 10 heavy (non-hydrogen) atoms. The molecule has 0 radical (unpaired) electrons. The summed E-state index contributed by atoms with van der Waals surface area (Å²) in [5.41, 5.74) is 0. The summed E-state index contributed by atoms with van der Waals surface area (Å²) in [6.07, 6.45) is 3.84. The van der Waals surface area contributed by atoms with Gasteiger partial charge in [-0.25, -0.2) is 0 Å². The summed E-state index contributed by atoms with van der Waals surface area (Å²) in [6.45, 7) is 0. The van der Waals surface area contributed by atoms with Crippen LogP contribution in [0.15, 0.2) is 0 Å². The molecular formula is C8H10N2. The maximum atomic E-state index is 8.54. The molecular weight excluding hydrogens is 124 g/mol. The molecule has 0 spiro atoms. The molecule has 0 unspecified atom stereocenters. The van der Waals surface area contributed by atoms with Crippen molar-refractivity contribution in [2.45, 2.75) is 25.7 Å². The Balaban J connectivity index is 2.43. The standard InChI is InChI=1S/C8H10N2/c9-5-7-2-1-3-8(4-7)6-10/h7-8H,1-4H2/t7-,8-/m1/s1. The number of nitrogens with zero attached hydrogens (tertiary/aromatic N) is 2. The lowest BCUT2D eigenvalue weighted by Gasteiger charge is -2.18. The normalized spacial score (nSPS) is 32.2. The summed E-state index contributed by atoms with van der Waals surface area (Å²) in [4.78, 5) is 0. The number of rotatable bonds is 0. The van der Waals surface area contributed by atoms with Crippen LogP contribution in [0.5, 0.6) is 0 Å². The molecule has 52 valence electrons. The highest BCUT2D eigenvalue weighted by atomic mass is 14.3. The lowest BCUT2D eigenvalue weighted by atomic mass is 9.83. The van der Waals surface area contributed by atoms with Crippen LogP contribution in [0.2, 0.25) is 0 Å². The molecule has 1 aliphatic rings. The molecule has 0 aromatic carbocycles. The molecule has 0 heterocycles. The molecule has 2 nitrogen and oxygen atoms in total. The molecule has 0 N–H and O–H groups in total. The average molecular weight is 134 g/mol. The van der Waals surface area contributed by atoms with Gasteiger partial charge in [-0.2, -0.15) is 10.5 Å². The van der Waals surface area contributed by atoms with Crippen LogP contribution in [0.3, 0.4) is 0 Å². The van der Waals surface area contributed by atoms with Crippen molar-refractivity contribution in [1.82, 2.24) is 0 Å². The summed E-state index contributed by atoms with van der Waals surface area (Å²) >= 11 is 0. The van der Waals surface area contributed by atoms with E-state index < -0.39 is 0 Å². The van der Waals surface area contributed by atoms with Crippen LogP contribution < -0.4 is 0 Å². The monoisotopic (exact) mass is 134 g/mol. The van der Waals surface area contributed by atoms with Crippen molar-refractivity contribution in [3.8, 4) is 12.1 Å². The Hall–Kier alpha value is -1.02. The topological polar surface area (TPSA) is 47.6 Å². The fourth-order valence-corrected chi connectivity index (χ4v) is 1.42. The van der Waals surface area contributed by atoms with Gasteiger partial charge in [0, 0.05) is 11.8 Å². The Morgan fingerprint density at radius 3 is 1.90 bits per heavy atom. The molecule has 2 atom stereocenters. The minimum atomic E-state index is 0.151. The number of nitriles is 2. The second-order valence-corrected chi connectivity index (χ2v) is 2.82. The molecule has 1 fully saturated rings. The Labute approximate surface area is 61.1 Å². The summed E-state index contributed by atoms with van der Waals surface area (Å²) < 4.78 is 0. The highest BCUT2D eigenvalue weighted by Crippen LogP contribution is 2.27. The van der Waals surface area contributed by atoms with Crippen LogP contribution in [-0.2, 0) is 0 Å². The molecule has 0 bridgehead atoms. The summed E-state index contributed by atoms with van der Waals surface area (Å²) in [7, 11) is 0. The molecule has 1 aliphatic carbocycles. The van der Waals surface area contributed by atoms with Crippen molar-refractivity contribution in [1.29, 1.82) is 10.5 Å². The van der Waals surface area contributed by atoms with E-state index in [1.165, 1.54) is 0 Å². The highest BCUT2D eigenvalue weighted by molar-refractivity contribution is 4.94. The zero-order valence-corrected chi connectivity index (χ0v) is 5.88. The third kappa shape index (κ3) is 1.48. The molecule has 0 aromatic rings. The fraction of sp³-hybridized carbons (Fsp3) is 0.750. The predicted octanol–water partition coefficient (Wildman–Crippen LogP) is 1.84. The van der Waals surface area contributed by atoms with E-state index in [-0.39, 0.29) is 11.8 Å². The van der Waals surface area contributed by atoms with Crippen molar-refractivity contribution in [3.63, 3.8) is 0 Å². The van der Waals surface area contributed by atoms with Gasteiger partial charge in [0.05, 0.1) is 12.1 Å². The second kappa shape index (κ2) is 3.22. The maximum absolute atomic E-state index is 8.54. The van der Waals surface area contributed by atoms with Crippen LogP contribution in [0, 0.1) is 34.5 Å². The molecule has 1 rings (SSSR count). The first-order valence-corrected chi connectivity index (χ1v) is 3.66. The summed E-state index contributed by atoms with van der Waals surface area (Å²) in [6, 6.07) is 4.43. The Morgan fingerprint density at radius 2 is 1.50 bits per heavy atom. The van der Waals surface area contributed by atoms with Crippen molar-refractivity contribution in [3.05, 3.63) is 0 Å². The SMILES string of the molecule is N#C[C@@H]1CCC[C@@H](C#N)C1. The number of hydrogen-bond donors (Lipinski definition) is 0. The van der Waals surface area contributed by atoms with Gasteiger partial charge in [-0.15, -0.1) is 0 Å². The van der Waals surface area contributed by atoms with Crippen LogP contribution in [0.1, 0.15) is 25.7 Å². The van der Waals surface area contributed by atoms with Crippen LogP contribution in [0.25, 0.3) is 0 Å². The van der Waals surface area contributed by atoms with E-state index in [0.717, 1.165) is 25.7 Å². The van der Waals surface area contributed by atoms with E-state index in [0.29, 0.717) is 0 Å². The molecule has 0 saturated heterocycles. The van der Waals surface area contributed by atoms with Gasteiger partial charge in [-0.1, -0.05) is 6.42 Å². The predicted molar refractivity (Wildman–Crippen MR) is 36.7 cm³/mol. The molecule has 0 aliphatic heterocycles. The summed E-state index contributed by atoms with van der Waals surface area (Å²) in [5.74, 6) is 0.303. The average Bonchev–Trinajstić information content (AvgIpc) is 2.05. The van der Waals surface area contributed by atoms with Crippen LogP contribution in [-0.4, -0.2) is 0 Å². The minimum absolute atomic E-state index is 0.151. The van der Waals surface area contributed by atoms with Gasteiger partial charge in [0.25, 0.3) is 0 Å². The molecule has 1 saturated carbocycles. The Kier molecular flexibility index (Phi) is 2.29. The zero-order chi connectivity index (χ0) is 7.40. The van der Waals surface area contributed by atoms with Gasteiger partial charge in [-0.3, -0.25) is 0 Å². The highest BCUT2D eigenvalue weighted by Gasteiger charge is 2.20. The second-order valence-electron chi connectivity index (χ2n) is 2.82. The van der Waals surface area contributed by atoms with Gasteiger partial charge in [0.15, 0.2) is 0 Å². The van der Waals surface area contributed by atoms with E-state index in [4.69, 9.17) is 10.5 Å². The quantitative estimate of drug-likeness (QED) is 0.507. The largest absolute Gasteiger partial charge is 0.198 e. The first kappa shape index (κ1) is 7.09. The van der Waals surface area contributed by atoms with E-state index >= 15 is 0 Å². The van der Waals surface area contributed by atoms with Gasteiger partial charge in [0.2, 0.25) is 0 Å². The van der Waals surface area contributed by atoms with E-state index in [1.54, 1.807) is 0 Å². The first-order chi connectivity index (χ1) is 4.86. The van der Waals surface area contributed by atoms with Crippen molar-refractivity contribution < 1.29 is 0 Å². The minimum Gasteiger partial charge on any atom is -0.198 e. The zero-order valence-electron chi connectivity index (χ0n) is 5.88. The Bertz CT molecular complexity index is 164. The van der Waals surface area contributed by atoms with Crippen molar-refractivity contribution in [2.24, 2.45) is 11.8 Å². The van der Waals surface area contributed by atoms with Gasteiger partial charge < -0.3 is 0 Å². The van der Waals surface area contributed by atoms with Gasteiger partial charge in [0.1, 0.15) is 0 Å². The smallest absolute Gasteiger partial charge is 0.0656 e. The Morgan fingerprint density at radius 1 is 1.00 bits per heavy atom. The lowest BCUT2D eigenvalue weighted by molar-refractivity contribution is 0.365. The van der Waals surface area contributed by atoms with E-state index in [1.807, 2.05) is 0 Å². The fourth-order valence-electron chi connectivity index (χ4n) is 1.42. The molecule has 0 aromatic heterocycles. The van der Waals surface area contributed by atoms with Gasteiger partial charge >= 0.3 is 0 Å².